The molecular formula is C22H20ClNO4S. The smallest absolute Gasteiger partial charge is 0.343 e. The summed E-state index contributed by atoms with van der Waals surface area (Å²) in [5, 5.41) is 0. The molecule has 0 heterocycles. The maximum atomic E-state index is 12.5. The minimum absolute atomic E-state index is 0.199. The molecular weight excluding hydrogens is 410 g/mol. The van der Waals surface area contributed by atoms with E-state index in [9.17, 15) is 13.2 Å². The van der Waals surface area contributed by atoms with Gasteiger partial charge in [-0.05, 0) is 48.4 Å². The summed E-state index contributed by atoms with van der Waals surface area (Å²) in [4.78, 5) is 12.4. The second-order valence-corrected chi connectivity index (χ2v) is 8.67. The van der Waals surface area contributed by atoms with Gasteiger partial charge in [-0.1, -0.05) is 48.5 Å². The molecule has 0 fully saturated rings. The molecule has 0 saturated carbocycles. The molecule has 5 nitrogen and oxygen atoms in total. The molecule has 0 amide bonds. The number of ether oxygens (including phenoxy) is 1. The summed E-state index contributed by atoms with van der Waals surface area (Å²) in [6.45, 7) is 1.73. The van der Waals surface area contributed by atoms with E-state index in [1.807, 2.05) is 6.07 Å². The van der Waals surface area contributed by atoms with Gasteiger partial charge in [-0.15, -0.1) is 11.6 Å². The van der Waals surface area contributed by atoms with Gasteiger partial charge in [-0.3, -0.25) is 0 Å². The van der Waals surface area contributed by atoms with Gasteiger partial charge in [0.25, 0.3) is 0 Å². The van der Waals surface area contributed by atoms with Crippen LogP contribution >= 0.6 is 11.6 Å². The molecule has 3 aromatic rings. The highest BCUT2D eigenvalue weighted by Gasteiger charge is 2.20. The first-order valence-corrected chi connectivity index (χ1v) is 10.9. The SMILES string of the molecule is Cc1ccccc1S(=O)(=O)NC(Cl)Cc1ccc(C(=O)Oc2ccccc2)cc1. The third-order valence-corrected chi connectivity index (χ3v) is 6.25. The topological polar surface area (TPSA) is 72.5 Å². The Morgan fingerprint density at radius 3 is 2.24 bits per heavy atom. The second-order valence-electron chi connectivity index (χ2n) is 6.46. The van der Waals surface area contributed by atoms with Gasteiger partial charge >= 0.3 is 5.97 Å². The lowest BCUT2D eigenvalue weighted by atomic mass is 10.1. The van der Waals surface area contributed by atoms with Crippen molar-refractivity contribution in [3.8, 4) is 5.75 Å². The summed E-state index contributed by atoms with van der Waals surface area (Å²) < 4.78 is 32.8. The van der Waals surface area contributed by atoms with Gasteiger partial charge in [-0.25, -0.2) is 13.2 Å². The molecule has 0 radical (unpaired) electrons. The number of nitrogens with one attached hydrogen (secondary N) is 1. The fraction of sp³-hybridized carbons (Fsp3) is 0.136. The molecule has 1 unspecified atom stereocenters. The highest BCUT2D eigenvalue weighted by atomic mass is 35.5. The van der Waals surface area contributed by atoms with Crippen LogP contribution in [0.4, 0.5) is 0 Å². The number of carbonyl (C=O) groups is 1. The van der Waals surface area contributed by atoms with Crippen molar-refractivity contribution in [2.24, 2.45) is 0 Å². The zero-order chi connectivity index (χ0) is 20.9. The summed E-state index contributed by atoms with van der Waals surface area (Å²) in [7, 11) is -3.72. The first kappa shape index (κ1) is 21.0. The highest BCUT2D eigenvalue weighted by Crippen LogP contribution is 2.17. The summed E-state index contributed by atoms with van der Waals surface area (Å²) in [6, 6.07) is 22.2. The zero-order valence-corrected chi connectivity index (χ0v) is 17.3. The van der Waals surface area contributed by atoms with Crippen LogP contribution in [0.15, 0.2) is 83.8 Å². The Morgan fingerprint density at radius 2 is 1.59 bits per heavy atom. The van der Waals surface area contributed by atoms with Crippen LogP contribution in [-0.4, -0.2) is 19.9 Å². The number of rotatable bonds is 7. The van der Waals surface area contributed by atoms with Crippen molar-refractivity contribution in [3.05, 3.63) is 95.6 Å². The molecule has 3 rings (SSSR count). The van der Waals surface area contributed by atoms with Gasteiger partial charge in [-0.2, -0.15) is 4.72 Å². The number of hydrogen-bond donors (Lipinski definition) is 1. The summed E-state index contributed by atoms with van der Waals surface area (Å²) >= 11 is 6.23. The number of alkyl halides is 1. The van der Waals surface area contributed by atoms with Gasteiger partial charge in [0.15, 0.2) is 0 Å². The number of carbonyl (C=O) groups excluding carboxylic acids is 1. The number of halogens is 1. The van der Waals surface area contributed by atoms with E-state index in [0.29, 0.717) is 16.9 Å². The number of esters is 1. The highest BCUT2D eigenvalue weighted by molar-refractivity contribution is 7.89. The first-order chi connectivity index (χ1) is 13.8. The molecule has 150 valence electrons. The van der Waals surface area contributed by atoms with Crippen molar-refractivity contribution >= 4 is 27.6 Å². The minimum atomic E-state index is -3.72. The summed E-state index contributed by atoms with van der Waals surface area (Å²) in [5.41, 5.74) is 0.991. The van der Waals surface area contributed by atoms with Crippen LogP contribution in [0.5, 0.6) is 5.75 Å². The molecule has 0 aliphatic carbocycles. The quantitative estimate of drug-likeness (QED) is 0.263. The Labute approximate surface area is 175 Å². The molecule has 29 heavy (non-hydrogen) atoms. The van der Waals surface area contributed by atoms with E-state index in [4.69, 9.17) is 16.3 Å². The fourth-order valence-electron chi connectivity index (χ4n) is 2.77. The maximum absolute atomic E-state index is 12.5. The molecule has 0 spiro atoms. The van der Waals surface area contributed by atoms with Crippen molar-refractivity contribution in [3.63, 3.8) is 0 Å². The number of aryl methyl sites for hydroxylation is 1. The normalized spacial score (nSPS) is 12.3. The Kier molecular flexibility index (Phi) is 6.69. The van der Waals surface area contributed by atoms with Crippen LogP contribution in [0.1, 0.15) is 21.5 Å². The lowest BCUT2D eigenvalue weighted by molar-refractivity contribution is 0.0734. The molecule has 0 aliphatic rings. The van der Waals surface area contributed by atoms with E-state index in [1.54, 1.807) is 73.7 Å². The summed E-state index contributed by atoms with van der Waals surface area (Å²) in [5.74, 6) is -0.00144. The average molecular weight is 430 g/mol. The minimum Gasteiger partial charge on any atom is -0.423 e. The molecule has 0 bridgehead atoms. The van der Waals surface area contributed by atoms with E-state index in [1.165, 1.54) is 6.07 Å². The number of hydrogen-bond acceptors (Lipinski definition) is 4. The standard InChI is InChI=1S/C22H20ClNO4S/c1-16-7-5-6-10-20(16)29(26,27)24-21(23)15-17-11-13-18(14-12-17)22(25)28-19-8-3-2-4-9-19/h2-14,21,24H,15H2,1H3. The number of para-hydroxylation sites is 1. The van der Waals surface area contributed by atoms with E-state index in [-0.39, 0.29) is 11.3 Å². The Morgan fingerprint density at radius 1 is 0.966 bits per heavy atom. The van der Waals surface area contributed by atoms with Gasteiger partial charge in [0.2, 0.25) is 10.0 Å². The third kappa shape index (κ3) is 5.67. The van der Waals surface area contributed by atoms with Crippen LogP contribution in [0, 0.1) is 6.92 Å². The largest absolute Gasteiger partial charge is 0.423 e. The Hall–Kier alpha value is -2.67. The lowest BCUT2D eigenvalue weighted by Gasteiger charge is -2.14. The fourth-order valence-corrected chi connectivity index (χ4v) is 4.60. The van der Waals surface area contributed by atoms with E-state index in [2.05, 4.69) is 4.72 Å². The molecule has 1 N–H and O–H groups in total. The van der Waals surface area contributed by atoms with Crippen LogP contribution in [0.25, 0.3) is 0 Å². The molecule has 0 aromatic heterocycles. The number of sulfonamides is 1. The predicted molar refractivity (Wildman–Crippen MR) is 113 cm³/mol. The average Bonchev–Trinajstić information content (AvgIpc) is 2.69. The van der Waals surface area contributed by atoms with E-state index >= 15 is 0 Å². The van der Waals surface area contributed by atoms with E-state index in [0.717, 1.165) is 5.56 Å². The van der Waals surface area contributed by atoms with Crippen LogP contribution in [-0.2, 0) is 16.4 Å². The van der Waals surface area contributed by atoms with Gasteiger partial charge in [0.05, 0.1) is 10.5 Å². The number of benzene rings is 3. The monoisotopic (exact) mass is 429 g/mol. The maximum Gasteiger partial charge on any atom is 0.343 e. The van der Waals surface area contributed by atoms with Crippen LogP contribution in [0.3, 0.4) is 0 Å². The van der Waals surface area contributed by atoms with Crippen molar-refractivity contribution in [1.29, 1.82) is 0 Å². The van der Waals surface area contributed by atoms with E-state index < -0.39 is 21.5 Å². The van der Waals surface area contributed by atoms with Crippen molar-refractivity contribution in [2.75, 3.05) is 0 Å². The van der Waals surface area contributed by atoms with Crippen molar-refractivity contribution in [1.82, 2.24) is 4.72 Å². The lowest BCUT2D eigenvalue weighted by Crippen LogP contribution is -2.32. The third-order valence-electron chi connectivity index (χ3n) is 4.22. The second kappa shape index (κ2) is 9.22. The Balaban J connectivity index is 1.62. The molecule has 1 atom stereocenters. The van der Waals surface area contributed by atoms with Crippen molar-refractivity contribution < 1.29 is 17.9 Å². The van der Waals surface area contributed by atoms with Gasteiger partial charge in [0.1, 0.15) is 11.3 Å². The first-order valence-electron chi connectivity index (χ1n) is 8.93. The zero-order valence-electron chi connectivity index (χ0n) is 15.7. The van der Waals surface area contributed by atoms with Gasteiger partial charge in [0, 0.05) is 6.42 Å². The Bertz CT molecular complexity index is 1080. The molecule has 3 aromatic carbocycles. The van der Waals surface area contributed by atoms with Crippen LogP contribution in [0.2, 0.25) is 0 Å². The van der Waals surface area contributed by atoms with Gasteiger partial charge < -0.3 is 4.74 Å². The molecule has 0 saturated heterocycles. The summed E-state index contributed by atoms with van der Waals surface area (Å²) in [6.07, 6.45) is 0.265. The predicted octanol–water partition coefficient (Wildman–Crippen LogP) is 4.30. The van der Waals surface area contributed by atoms with Crippen molar-refractivity contribution in [2.45, 2.75) is 23.7 Å². The molecule has 0 aliphatic heterocycles. The molecule has 7 heteroatoms. The van der Waals surface area contributed by atoms with Crippen LogP contribution < -0.4 is 9.46 Å².